The van der Waals surface area contributed by atoms with E-state index in [1.807, 2.05) is 0 Å². The second kappa shape index (κ2) is 12.9. The number of alkyl halides is 3. The lowest BCUT2D eigenvalue weighted by atomic mass is 10.1. The summed E-state index contributed by atoms with van der Waals surface area (Å²) in [6.07, 6.45) is -0.0663. The predicted octanol–water partition coefficient (Wildman–Crippen LogP) is 3.80. The molecule has 4 aromatic rings. The minimum absolute atomic E-state index is 0.0125. The van der Waals surface area contributed by atoms with Crippen LogP contribution >= 0.6 is 0 Å². The van der Waals surface area contributed by atoms with Gasteiger partial charge in [0.2, 0.25) is 0 Å². The van der Waals surface area contributed by atoms with E-state index in [9.17, 15) is 26.4 Å². The predicted molar refractivity (Wildman–Crippen MR) is 152 cm³/mol. The van der Waals surface area contributed by atoms with Gasteiger partial charge in [-0.05, 0) is 37.6 Å². The van der Waals surface area contributed by atoms with Crippen LogP contribution in [0.1, 0.15) is 31.2 Å². The highest BCUT2D eigenvalue weighted by Gasteiger charge is 2.48. The maximum atomic E-state index is 14.2. The molecule has 4 rings (SSSR count). The number of hydrogen-bond acceptors (Lipinski definition) is 12. The van der Waals surface area contributed by atoms with Gasteiger partial charge in [0.05, 0.1) is 39.0 Å². The first-order valence-corrected chi connectivity index (χ1v) is 14.5. The number of benzene rings is 1. The molecule has 0 saturated heterocycles. The highest BCUT2D eigenvalue weighted by molar-refractivity contribution is 7.93. The summed E-state index contributed by atoms with van der Waals surface area (Å²) in [7, 11) is -1.05. The molecule has 2 atom stereocenters. The molecule has 14 nitrogen and oxygen atoms in total. The molecule has 0 saturated carbocycles. The van der Waals surface area contributed by atoms with Gasteiger partial charge in [-0.1, -0.05) is 17.5 Å². The monoisotopic (exact) mass is 651 g/mol. The quantitative estimate of drug-likeness (QED) is 0.216. The number of carbonyl (C=O) groups excluding carboxylic acids is 1. The van der Waals surface area contributed by atoms with E-state index in [2.05, 4.69) is 30.0 Å². The maximum absolute atomic E-state index is 14.2. The van der Waals surface area contributed by atoms with Crippen molar-refractivity contribution >= 4 is 21.9 Å². The summed E-state index contributed by atoms with van der Waals surface area (Å²) in [5, 5.41) is 6.42. The van der Waals surface area contributed by atoms with Crippen molar-refractivity contribution in [1.29, 1.82) is 0 Å². The van der Waals surface area contributed by atoms with Crippen LogP contribution in [-0.2, 0) is 19.7 Å². The first-order valence-electron chi connectivity index (χ1n) is 13.0. The second-order valence-corrected chi connectivity index (χ2v) is 11.6. The zero-order chi connectivity index (χ0) is 33.1. The third kappa shape index (κ3) is 6.59. The third-order valence-corrected chi connectivity index (χ3v) is 8.71. The molecule has 0 radical (unpaired) electrons. The number of rotatable bonds is 11. The van der Waals surface area contributed by atoms with Gasteiger partial charge in [0.25, 0.3) is 16.0 Å². The molecule has 0 bridgehead atoms. The van der Waals surface area contributed by atoms with Crippen LogP contribution in [0.4, 0.5) is 19.1 Å². The average Bonchev–Trinajstić information content (AvgIpc) is 3.45. The number of nitrogens with zero attached hydrogens (tertiary/aromatic N) is 7. The molecule has 0 aliphatic carbocycles. The van der Waals surface area contributed by atoms with Gasteiger partial charge in [0.1, 0.15) is 23.0 Å². The fourth-order valence-electron chi connectivity index (χ4n) is 4.14. The first-order chi connectivity index (χ1) is 21.2. The van der Waals surface area contributed by atoms with Crippen LogP contribution in [0.15, 0.2) is 49.1 Å². The van der Waals surface area contributed by atoms with Gasteiger partial charge >= 0.3 is 12.1 Å². The van der Waals surface area contributed by atoms with Crippen LogP contribution in [0.2, 0.25) is 0 Å². The maximum Gasteiger partial charge on any atom is 0.493 e. The minimum Gasteiger partial charge on any atom is -0.494 e. The number of ether oxygens (including phenoxy) is 3. The Morgan fingerprint density at radius 3 is 2.11 bits per heavy atom. The Bertz CT molecular complexity index is 1760. The standard InChI is InChI=1S/C27H28F3N7O7S/c1-15-10-18(12-31-11-15)24-34-35-26(36(24)22-20(42-5)8-7-9-21(22)43-6)37(44-25(38)27(28,29)30)45(39,40)17(3)16(2)23-32-13-19(41-4)14-33-23/h7-14,16-17H,1-6H3/t16-,17-/m0/s1. The third-order valence-electron chi connectivity index (χ3n) is 6.66. The van der Waals surface area contributed by atoms with Crippen LogP contribution in [-0.4, -0.2) is 76.9 Å². The minimum atomic E-state index is -5.59. The Labute approximate surface area is 255 Å². The molecule has 0 aliphatic heterocycles. The molecular weight excluding hydrogens is 623 g/mol. The number of aryl methyl sites for hydroxylation is 1. The number of sulfonamides is 1. The molecule has 3 heterocycles. The summed E-state index contributed by atoms with van der Waals surface area (Å²) < 4.78 is 85.9. The molecule has 0 N–H and O–H groups in total. The molecule has 18 heteroatoms. The number of hydrogen-bond donors (Lipinski definition) is 0. The molecule has 1 aromatic carbocycles. The average molecular weight is 652 g/mol. The Hall–Kier alpha value is -5.00. The second-order valence-electron chi connectivity index (χ2n) is 9.54. The van der Waals surface area contributed by atoms with Gasteiger partial charge in [0, 0.05) is 23.9 Å². The lowest BCUT2D eigenvalue weighted by Crippen LogP contribution is -2.45. The number of methoxy groups -OCH3 is 3. The van der Waals surface area contributed by atoms with Crippen LogP contribution in [0, 0.1) is 6.92 Å². The summed E-state index contributed by atoms with van der Waals surface area (Å²) in [5.74, 6) is -4.31. The number of aromatic nitrogens is 6. The zero-order valence-corrected chi connectivity index (χ0v) is 25.6. The van der Waals surface area contributed by atoms with Crippen molar-refractivity contribution in [3.63, 3.8) is 0 Å². The zero-order valence-electron chi connectivity index (χ0n) is 24.8. The highest BCUT2D eigenvalue weighted by atomic mass is 32.2. The summed E-state index contributed by atoms with van der Waals surface area (Å²) in [5.41, 5.74) is 0.946. The Morgan fingerprint density at radius 1 is 0.956 bits per heavy atom. The molecule has 3 aromatic heterocycles. The summed E-state index contributed by atoms with van der Waals surface area (Å²) in [4.78, 5) is 29.2. The van der Waals surface area contributed by atoms with Crippen molar-refractivity contribution in [2.45, 2.75) is 38.1 Å². The first kappa shape index (κ1) is 32.9. The molecule has 0 amide bonds. The molecule has 0 fully saturated rings. The topological polar surface area (TPSA) is 161 Å². The summed E-state index contributed by atoms with van der Waals surface area (Å²) in [6, 6.07) is 6.18. The number of para-hydroxylation sites is 1. The van der Waals surface area contributed by atoms with Crippen LogP contribution in [0.25, 0.3) is 17.1 Å². The van der Waals surface area contributed by atoms with Crippen LogP contribution < -0.4 is 18.7 Å². The van der Waals surface area contributed by atoms with Gasteiger partial charge in [-0.3, -0.25) is 9.55 Å². The summed E-state index contributed by atoms with van der Waals surface area (Å²) >= 11 is 0. The Balaban J connectivity index is 2.00. The van der Waals surface area contributed by atoms with E-state index in [0.717, 1.165) is 4.57 Å². The lowest BCUT2D eigenvalue weighted by Gasteiger charge is -2.28. The van der Waals surface area contributed by atoms with E-state index in [1.54, 1.807) is 25.3 Å². The fourth-order valence-corrected chi connectivity index (χ4v) is 5.59. The number of halogens is 3. The molecule has 0 unspecified atom stereocenters. The van der Waals surface area contributed by atoms with E-state index in [4.69, 9.17) is 14.2 Å². The van der Waals surface area contributed by atoms with Crippen molar-refractivity contribution in [3.8, 4) is 34.3 Å². The smallest absolute Gasteiger partial charge is 0.493 e. The summed E-state index contributed by atoms with van der Waals surface area (Å²) in [6.45, 7) is 4.36. The molecular formula is C27H28F3N7O7S. The highest BCUT2D eigenvalue weighted by Crippen LogP contribution is 2.40. The van der Waals surface area contributed by atoms with Crippen molar-refractivity contribution in [2.24, 2.45) is 0 Å². The number of anilines is 1. The van der Waals surface area contributed by atoms with Crippen LogP contribution in [0.3, 0.4) is 0 Å². The van der Waals surface area contributed by atoms with E-state index in [-0.39, 0.29) is 38.9 Å². The van der Waals surface area contributed by atoms with E-state index >= 15 is 0 Å². The fraction of sp³-hybridized carbons (Fsp3) is 0.333. The van der Waals surface area contributed by atoms with Gasteiger partial charge in [0.15, 0.2) is 11.6 Å². The van der Waals surface area contributed by atoms with Gasteiger partial charge in [-0.25, -0.2) is 23.2 Å². The Morgan fingerprint density at radius 2 is 1.58 bits per heavy atom. The van der Waals surface area contributed by atoms with E-state index in [1.165, 1.54) is 65.9 Å². The number of pyridine rings is 1. The van der Waals surface area contributed by atoms with Crippen LogP contribution in [0.5, 0.6) is 17.2 Å². The van der Waals surface area contributed by atoms with E-state index < -0.39 is 39.3 Å². The van der Waals surface area contributed by atoms with Gasteiger partial charge in [-0.2, -0.15) is 13.2 Å². The SMILES string of the molecule is COc1cnc([C@@H](C)[C@H](C)S(=O)(=O)N(OC(=O)C(F)(F)F)c2nnc(-c3cncc(C)c3)n2-c2c(OC)cccc2OC)nc1. The van der Waals surface area contributed by atoms with Crippen molar-refractivity contribution in [1.82, 2.24) is 29.7 Å². The lowest BCUT2D eigenvalue weighted by molar-refractivity contribution is -0.199. The molecule has 45 heavy (non-hydrogen) atoms. The largest absolute Gasteiger partial charge is 0.494 e. The van der Waals surface area contributed by atoms with E-state index in [0.29, 0.717) is 11.3 Å². The molecule has 0 aliphatic rings. The van der Waals surface area contributed by atoms with Gasteiger partial charge < -0.3 is 19.0 Å². The molecule has 240 valence electrons. The van der Waals surface area contributed by atoms with Crippen molar-refractivity contribution in [2.75, 3.05) is 25.8 Å². The Kier molecular flexibility index (Phi) is 9.45. The normalized spacial score (nSPS) is 13.1. The number of carbonyl (C=O) groups is 1. The van der Waals surface area contributed by atoms with Crippen molar-refractivity contribution < 1.29 is 45.4 Å². The molecule has 0 spiro atoms. The van der Waals surface area contributed by atoms with Crippen molar-refractivity contribution in [3.05, 3.63) is 60.4 Å². The van der Waals surface area contributed by atoms with Gasteiger partial charge in [-0.15, -0.1) is 10.2 Å².